The summed E-state index contributed by atoms with van der Waals surface area (Å²) in [5.41, 5.74) is 1.02. The van der Waals surface area contributed by atoms with Gasteiger partial charge < -0.3 is 15.0 Å². The molecule has 0 spiro atoms. The molecule has 0 aromatic heterocycles. The predicted octanol–water partition coefficient (Wildman–Crippen LogP) is 4.88. The Bertz CT molecular complexity index is 872. The number of carbonyl (C=O) groups is 2. The zero-order valence-electron chi connectivity index (χ0n) is 18.0. The van der Waals surface area contributed by atoms with Gasteiger partial charge in [0, 0.05) is 22.1 Å². The highest BCUT2D eigenvalue weighted by Crippen LogP contribution is 2.26. The number of amides is 2. The summed E-state index contributed by atoms with van der Waals surface area (Å²) < 4.78 is 5.19. The molecule has 2 rings (SSSR count). The van der Waals surface area contributed by atoms with Gasteiger partial charge in [-0.1, -0.05) is 41.4 Å². The SMILES string of the molecule is COc1ccc(CN(C(=O)Cc2c(Cl)cccc2Cl)[C@H](C)C(=O)NC(C)(C)C)cc1. The van der Waals surface area contributed by atoms with E-state index in [1.165, 1.54) is 0 Å². The molecule has 7 heteroatoms. The quantitative estimate of drug-likeness (QED) is 0.653. The van der Waals surface area contributed by atoms with Crippen molar-refractivity contribution in [1.29, 1.82) is 0 Å². The minimum atomic E-state index is -0.680. The van der Waals surface area contributed by atoms with Crippen LogP contribution >= 0.6 is 23.2 Å². The van der Waals surface area contributed by atoms with E-state index < -0.39 is 11.6 Å². The van der Waals surface area contributed by atoms with E-state index >= 15 is 0 Å². The van der Waals surface area contributed by atoms with Crippen molar-refractivity contribution in [2.24, 2.45) is 0 Å². The topological polar surface area (TPSA) is 58.6 Å². The highest BCUT2D eigenvalue weighted by atomic mass is 35.5. The highest BCUT2D eigenvalue weighted by molar-refractivity contribution is 6.36. The summed E-state index contributed by atoms with van der Waals surface area (Å²) >= 11 is 12.5. The van der Waals surface area contributed by atoms with Crippen LogP contribution in [0.5, 0.6) is 5.75 Å². The third-order valence-corrected chi connectivity index (χ3v) is 5.28. The van der Waals surface area contributed by atoms with Gasteiger partial charge in [-0.2, -0.15) is 0 Å². The number of nitrogens with one attached hydrogen (secondary N) is 1. The summed E-state index contributed by atoms with van der Waals surface area (Å²) in [5, 5.41) is 3.79. The van der Waals surface area contributed by atoms with E-state index in [0.717, 1.165) is 11.3 Å². The van der Waals surface area contributed by atoms with Gasteiger partial charge in [-0.05, 0) is 63.1 Å². The molecule has 1 N–H and O–H groups in total. The molecule has 2 aromatic carbocycles. The monoisotopic (exact) mass is 450 g/mol. The zero-order chi connectivity index (χ0) is 22.5. The number of ether oxygens (including phenoxy) is 1. The third kappa shape index (κ3) is 6.64. The molecule has 1 atom stereocenters. The summed E-state index contributed by atoms with van der Waals surface area (Å²) in [4.78, 5) is 27.6. The van der Waals surface area contributed by atoms with Gasteiger partial charge in [-0.3, -0.25) is 9.59 Å². The normalized spacial score (nSPS) is 12.2. The van der Waals surface area contributed by atoms with Gasteiger partial charge in [0.2, 0.25) is 11.8 Å². The summed E-state index contributed by atoms with van der Waals surface area (Å²) in [6.45, 7) is 7.69. The van der Waals surface area contributed by atoms with E-state index in [1.54, 1.807) is 37.1 Å². The largest absolute Gasteiger partial charge is 0.497 e. The van der Waals surface area contributed by atoms with Crippen LogP contribution in [0.3, 0.4) is 0 Å². The summed E-state index contributed by atoms with van der Waals surface area (Å²) in [5.74, 6) is 0.255. The molecule has 2 amide bonds. The lowest BCUT2D eigenvalue weighted by Gasteiger charge is -2.31. The maximum atomic E-state index is 13.3. The molecule has 0 aliphatic carbocycles. The van der Waals surface area contributed by atoms with E-state index in [2.05, 4.69) is 5.32 Å². The molecule has 0 unspecified atom stereocenters. The minimum Gasteiger partial charge on any atom is -0.497 e. The van der Waals surface area contributed by atoms with Gasteiger partial charge in [-0.25, -0.2) is 0 Å². The second-order valence-corrected chi connectivity index (χ2v) is 8.98. The Morgan fingerprint density at radius 2 is 1.63 bits per heavy atom. The maximum absolute atomic E-state index is 13.3. The van der Waals surface area contributed by atoms with Gasteiger partial charge in [-0.15, -0.1) is 0 Å². The first-order valence-electron chi connectivity index (χ1n) is 9.69. The lowest BCUT2D eigenvalue weighted by Crippen LogP contribution is -2.52. The van der Waals surface area contributed by atoms with E-state index in [9.17, 15) is 9.59 Å². The molecule has 0 aliphatic rings. The first-order valence-corrected chi connectivity index (χ1v) is 10.4. The molecule has 0 fully saturated rings. The number of methoxy groups -OCH3 is 1. The molecule has 0 heterocycles. The van der Waals surface area contributed by atoms with Crippen LogP contribution in [0.4, 0.5) is 0 Å². The van der Waals surface area contributed by atoms with Crippen LogP contribution in [0.15, 0.2) is 42.5 Å². The van der Waals surface area contributed by atoms with Gasteiger partial charge in [0.25, 0.3) is 0 Å². The number of rotatable bonds is 7. The van der Waals surface area contributed by atoms with Crippen LogP contribution in [0.1, 0.15) is 38.8 Å². The molecule has 5 nitrogen and oxygen atoms in total. The van der Waals surface area contributed by atoms with E-state index in [4.69, 9.17) is 27.9 Å². The molecule has 0 bridgehead atoms. The summed E-state index contributed by atoms with van der Waals surface area (Å²) in [6, 6.07) is 11.8. The van der Waals surface area contributed by atoms with Gasteiger partial charge in [0.15, 0.2) is 0 Å². The van der Waals surface area contributed by atoms with Gasteiger partial charge in [0.05, 0.1) is 13.5 Å². The Labute approximate surface area is 188 Å². The Morgan fingerprint density at radius 3 is 2.13 bits per heavy atom. The van der Waals surface area contributed by atoms with Crippen molar-refractivity contribution in [3.8, 4) is 5.75 Å². The Kier molecular flexibility index (Phi) is 8.16. The lowest BCUT2D eigenvalue weighted by atomic mass is 10.1. The van der Waals surface area contributed by atoms with E-state index in [0.29, 0.717) is 15.6 Å². The molecular weight excluding hydrogens is 423 g/mol. The second-order valence-electron chi connectivity index (χ2n) is 8.16. The van der Waals surface area contributed by atoms with Crippen LogP contribution in [0.2, 0.25) is 10.0 Å². The molecule has 0 radical (unpaired) electrons. The molecular formula is C23H28Cl2N2O3. The average molecular weight is 451 g/mol. The zero-order valence-corrected chi connectivity index (χ0v) is 19.5. The van der Waals surface area contributed by atoms with Gasteiger partial charge >= 0.3 is 0 Å². The molecule has 0 aliphatic heterocycles. The standard InChI is InChI=1S/C23H28Cl2N2O3/c1-15(22(29)26-23(2,3)4)27(14-16-9-11-17(30-5)12-10-16)21(28)13-18-19(24)7-6-8-20(18)25/h6-12,15H,13-14H2,1-5H3,(H,26,29)/t15-/m1/s1. The van der Waals surface area contributed by atoms with Crippen molar-refractivity contribution in [1.82, 2.24) is 10.2 Å². The average Bonchev–Trinajstić information content (AvgIpc) is 2.67. The first kappa shape index (κ1) is 24.0. The third-order valence-electron chi connectivity index (χ3n) is 4.57. The Balaban J connectivity index is 2.31. The van der Waals surface area contributed by atoms with Crippen LogP contribution in [-0.2, 0) is 22.6 Å². The number of carbonyl (C=O) groups excluding carboxylic acids is 2. The Hall–Kier alpha value is -2.24. The Morgan fingerprint density at radius 1 is 1.07 bits per heavy atom. The molecule has 0 saturated heterocycles. The molecule has 0 saturated carbocycles. The van der Waals surface area contributed by atoms with E-state index in [-0.39, 0.29) is 24.8 Å². The van der Waals surface area contributed by atoms with Crippen LogP contribution in [0, 0.1) is 0 Å². The number of halogens is 2. The van der Waals surface area contributed by atoms with Crippen molar-refractivity contribution >= 4 is 35.0 Å². The van der Waals surface area contributed by atoms with Crippen molar-refractivity contribution in [2.75, 3.05) is 7.11 Å². The van der Waals surface area contributed by atoms with Crippen LogP contribution in [-0.4, -0.2) is 35.4 Å². The van der Waals surface area contributed by atoms with E-state index in [1.807, 2.05) is 45.0 Å². The van der Waals surface area contributed by atoms with Crippen molar-refractivity contribution < 1.29 is 14.3 Å². The first-order chi connectivity index (χ1) is 14.0. The van der Waals surface area contributed by atoms with Crippen molar-refractivity contribution in [3.63, 3.8) is 0 Å². The fraction of sp³-hybridized carbons (Fsp3) is 0.391. The fourth-order valence-electron chi connectivity index (χ4n) is 2.94. The number of nitrogens with zero attached hydrogens (tertiary/aromatic N) is 1. The van der Waals surface area contributed by atoms with Crippen molar-refractivity contribution in [2.45, 2.75) is 52.2 Å². The van der Waals surface area contributed by atoms with Gasteiger partial charge in [0.1, 0.15) is 11.8 Å². The summed E-state index contributed by atoms with van der Waals surface area (Å²) in [7, 11) is 1.59. The minimum absolute atomic E-state index is 0.00178. The summed E-state index contributed by atoms with van der Waals surface area (Å²) in [6.07, 6.45) is 0.00178. The fourth-order valence-corrected chi connectivity index (χ4v) is 3.47. The number of hydrogen-bond donors (Lipinski definition) is 1. The molecule has 162 valence electrons. The number of hydrogen-bond acceptors (Lipinski definition) is 3. The second kappa shape index (κ2) is 10.2. The molecule has 30 heavy (non-hydrogen) atoms. The maximum Gasteiger partial charge on any atom is 0.242 e. The molecule has 2 aromatic rings. The predicted molar refractivity (Wildman–Crippen MR) is 121 cm³/mol. The smallest absolute Gasteiger partial charge is 0.242 e. The van der Waals surface area contributed by atoms with Crippen molar-refractivity contribution in [3.05, 3.63) is 63.6 Å². The van der Waals surface area contributed by atoms with Crippen LogP contribution < -0.4 is 10.1 Å². The number of benzene rings is 2. The lowest BCUT2D eigenvalue weighted by molar-refractivity contribution is -0.140. The van der Waals surface area contributed by atoms with Crippen LogP contribution in [0.25, 0.3) is 0 Å². The highest BCUT2D eigenvalue weighted by Gasteiger charge is 2.29.